The Morgan fingerprint density at radius 3 is 2.40 bits per heavy atom. The van der Waals surface area contributed by atoms with Gasteiger partial charge in [-0.3, -0.25) is 9.59 Å². The van der Waals surface area contributed by atoms with Crippen molar-refractivity contribution in [2.24, 2.45) is 0 Å². The van der Waals surface area contributed by atoms with Crippen LogP contribution in [0.3, 0.4) is 0 Å². The lowest BCUT2D eigenvalue weighted by molar-refractivity contribution is -0.128. The number of carbonyl (C=O) groups is 2. The van der Waals surface area contributed by atoms with E-state index in [4.69, 9.17) is 0 Å². The predicted molar refractivity (Wildman–Crippen MR) is 105 cm³/mol. The maximum Gasteiger partial charge on any atom is 0.256 e. The molecule has 30 heavy (non-hydrogen) atoms. The highest BCUT2D eigenvalue weighted by Crippen LogP contribution is 2.32. The Morgan fingerprint density at radius 1 is 1.13 bits per heavy atom. The number of anilines is 2. The molecule has 0 aromatic heterocycles. The van der Waals surface area contributed by atoms with Gasteiger partial charge in [-0.15, -0.1) is 0 Å². The average Bonchev–Trinajstić information content (AvgIpc) is 2.63. The molecule has 6 nitrogen and oxygen atoms in total. The summed E-state index contributed by atoms with van der Waals surface area (Å²) >= 11 is 0. The number of likely N-dealkylation sites (tertiary alicyclic amines) is 1. The molecule has 9 heteroatoms. The van der Waals surface area contributed by atoms with Gasteiger partial charge in [0, 0.05) is 6.92 Å². The Labute approximate surface area is 171 Å². The zero-order valence-corrected chi connectivity index (χ0v) is 16.7. The Hall–Kier alpha value is -3.07. The Balaban J connectivity index is 1.85. The van der Waals surface area contributed by atoms with Gasteiger partial charge in [0.15, 0.2) is 11.6 Å². The van der Waals surface area contributed by atoms with Gasteiger partial charge in [-0.1, -0.05) is 6.07 Å². The zero-order valence-electron chi connectivity index (χ0n) is 16.7. The summed E-state index contributed by atoms with van der Waals surface area (Å²) in [4.78, 5) is 25.3. The second kappa shape index (κ2) is 7.98. The molecule has 1 saturated heterocycles. The predicted octanol–water partition coefficient (Wildman–Crippen LogP) is 2.87. The second-order valence-electron chi connectivity index (χ2n) is 7.58. The zero-order chi connectivity index (χ0) is 22.2. The van der Waals surface area contributed by atoms with E-state index in [9.17, 15) is 27.9 Å². The van der Waals surface area contributed by atoms with Crippen molar-refractivity contribution in [1.82, 2.24) is 10.2 Å². The summed E-state index contributed by atoms with van der Waals surface area (Å²) < 4.78 is 42.5. The number of halogens is 3. The fourth-order valence-electron chi connectivity index (χ4n) is 3.35. The smallest absolute Gasteiger partial charge is 0.256 e. The minimum Gasteiger partial charge on any atom is -0.384 e. The molecular formula is C21H22F3N3O3. The van der Waals surface area contributed by atoms with Crippen LogP contribution in [0, 0.1) is 24.4 Å². The SMILES string of the molecule is CC(=O)NC(C)C1(O)CN(C(=O)c2ccc(F)c(F)c2Nc2ccc(C)cc2F)C1. The summed E-state index contributed by atoms with van der Waals surface area (Å²) in [6.07, 6.45) is 0. The molecule has 3 rings (SSSR count). The molecule has 0 radical (unpaired) electrons. The number of nitrogens with one attached hydrogen (secondary N) is 2. The molecule has 1 atom stereocenters. The highest BCUT2D eigenvalue weighted by atomic mass is 19.2. The first-order valence-electron chi connectivity index (χ1n) is 9.32. The van der Waals surface area contributed by atoms with Gasteiger partial charge < -0.3 is 20.6 Å². The van der Waals surface area contributed by atoms with Gasteiger partial charge >= 0.3 is 0 Å². The van der Waals surface area contributed by atoms with E-state index < -0.39 is 40.7 Å². The fourth-order valence-corrected chi connectivity index (χ4v) is 3.35. The molecule has 1 fully saturated rings. The maximum atomic E-state index is 14.5. The first-order chi connectivity index (χ1) is 14.0. The molecule has 1 aliphatic heterocycles. The van der Waals surface area contributed by atoms with Gasteiger partial charge in [-0.25, -0.2) is 13.2 Å². The van der Waals surface area contributed by atoms with E-state index in [2.05, 4.69) is 10.6 Å². The summed E-state index contributed by atoms with van der Waals surface area (Å²) in [7, 11) is 0. The molecule has 0 aliphatic carbocycles. The molecule has 1 heterocycles. The molecule has 2 aromatic rings. The number of aliphatic hydroxyl groups is 1. The summed E-state index contributed by atoms with van der Waals surface area (Å²) in [5.74, 6) is -4.18. The number of hydrogen-bond acceptors (Lipinski definition) is 4. The largest absolute Gasteiger partial charge is 0.384 e. The first kappa shape index (κ1) is 21.6. The van der Waals surface area contributed by atoms with Crippen LogP contribution in [0.5, 0.6) is 0 Å². The number of aryl methyl sites for hydroxylation is 1. The normalized spacial score (nSPS) is 15.9. The van der Waals surface area contributed by atoms with Crippen molar-refractivity contribution in [3.05, 3.63) is 58.9 Å². The Morgan fingerprint density at radius 2 is 1.80 bits per heavy atom. The quantitative estimate of drug-likeness (QED) is 0.694. The second-order valence-corrected chi connectivity index (χ2v) is 7.58. The van der Waals surface area contributed by atoms with Crippen LogP contribution in [0.15, 0.2) is 30.3 Å². The van der Waals surface area contributed by atoms with Crippen molar-refractivity contribution in [2.45, 2.75) is 32.4 Å². The van der Waals surface area contributed by atoms with E-state index >= 15 is 0 Å². The van der Waals surface area contributed by atoms with Crippen molar-refractivity contribution in [3.8, 4) is 0 Å². The summed E-state index contributed by atoms with van der Waals surface area (Å²) in [6, 6.07) is 5.47. The standard InChI is InChI=1S/C21H22F3N3O3/c1-11-4-7-17(16(23)8-11)26-19-14(5-6-15(22)18(19)24)20(29)27-9-21(30,10-27)12(2)25-13(3)28/h4-8,12,26,30H,9-10H2,1-3H3,(H,25,28). The molecule has 2 aromatic carbocycles. The van der Waals surface area contributed by atoms with Crippen molar-refractivity contribution in [2.75, 3.05) is 18.4 Å². The van der Waals surface area contributed by atoms with Crippen molar-refractivity contribution < 1.29 is 27.9 Å². The van der Waals surface area contributed by atoms with Crippen LogP contribution < -0.4 is 10.6 Å². The molecule has 3 N–H and O–H groups in total. The third-order valence-electron chi connectivity index (χ3n) is 5.15. The molecule has 2 amide bonds. The monoisotopic (exact) mass is 421 g/mol. The number of rotatable bonds is 5. The minimum absolute atomic E-state index is 0.107. The molecular weight excluding hydrogens is 399 g/mol. The Bertz CT molecular complexity index is 1010. The van der Waals surface area contributed by atoms with Crippen LogP contribution in [0.25, 0.3) is 0 Å². The highest BCUT2D eigenvalue weighted by molar-refractivity contribution is 6.01. The van der Waals surface area contributed by atoms with Gasteiger partial charge in [0.25, 0.3) is 5.91 Å². The summed E-state index contributed by atoms with van der Waals surface area (Å²) in [6.45, 7) is 4.38. The van der Waals surface area contributed by atoms with Gasteiger partial charge in [-0.05, 0) is 43.7 Å². The molecule has 1 aliphatic rings. The minimum atomic E-state index is -1.34. The average molecular weight is 421 g/mol. The number of benzene rings is 2. The van der Waals surface area contributed by atoms with Crippen molar-refractivity contribution >= 4 is 23.2 Å². The van der Waals surface area contributed by atoms with Gasteiger partial charge in [0.1, 0.15) is 11.4 Å². The van der Waals surface area contributed by atoms with Gasteiger partial charge in [-0.2, -0.15) is 0 Å². The maximum absolute atomic E-state index is 14.5. The molecule has 0 bridgehead atoms. The van der Waals surface area contributed by atoms with Crippen LogP contribution >= 0.6 is 0 Å². The van der Waals surface area contributed by atoms with Crippen LogP contribution in [0.1, 0.15) is 29.8 Å². The number of β-amino-alcohol motifs (C(OH)–C–C–N with tert-alkyl or cyclic N) is 1. The third kappa shape index (κ3) is 4.11. The molecule has 0 saturated carbocycles. The first-order valence-corrected chi connectivity index (χ1v) is 9.32. The lowest BCUT2D eigenvalue weighted by atomic mass is 9.86. The van der Waals surface area contributed by atoms with Crippen LogP contribution in [0.4, 0.5) is 24.5 Å². The number of amides is 2. The van der Waals surface area contributed by atoms with E-state index in [1.54, 1.807) is 19.9 Å². The van der Waals surface area contributed by atoms with E-state index in [-0.39, 0.29) is 30.2 Å². The third-order valence-corrected chi connectivity index (χ3v) is 5.15. The lowest BCUT2D eigenvalue weighted by Gasteiger charge is -2.49. The van der Waals surface area contributed by atoms with E-state index in [0.29, 0.717) is 5.56 Å². The highest BCUT2D eigenvalue weighted by Gasteiger charge is 2.48. The van der Waals surface area contributed by atoms with Crippen molar-refractivity contribution in [1.29, 1.82) is 0 Å². The molecule has 160 valence electrons. The van der Waals surface area contributed by atoms with Crippen LogP contribution in [-0.2, 0) is 4.79 Å². The van der Waals surface area contributed by atoms with Crippen LogP contribution in [0.2, 0.25) is 0 Å². The van der Waals surface area contributed by atoms with Gasteiger partial charge in [0.05, 0.1) is 36.1 Å². The molecule has 0 spiro atoms. The molecule has 1 unspecified atom stereocenters. The fraction of sp³-hybridized carbons (Fsp3) is 0.333. The van der Waals surface area contributed by atoms with E-state index in [1.807, 2.05) is 0 Å². The summed E-state index contributed by atoms with van der Waals surface area (Å²) in [5.41, 5.74) is -1.51. The topological polar surface area (TPSA) is 81.7 Å². The number of hydrogen-bond donors (Lipinski definition) is 3. The van der Waals surface area contributed by atoms with E-state index in [1.165, 1.54) is 24.0 Å². The number of carbonyl (C=O) groups excluding carboxylic acids is 2. The van der Waals surface area contributed by atoms with Gasteiger partial charge in [0.2, 0.25) is 5.91 Å². The Kier molecular flexibility index (Phi) is 5.76. The van der Waals surface area contributed by atoms with Crippen LogP contribution in [-0.4, -0.2) is 46.6 Å². The lowest BCUT2D eigenvalue weighted by Crippen LogP contribution is -2.71. The van der Waals surface area contributed by atoms with E-state index in [0.717, 1.165) is 12.1 Å². The van der Waals surface area contributed by atoms with Crippen molar-refractivity contribution in [3.63, 3.8) is 0 Å². The summed E-state index contributed by atoms with van der Waals surface area (Å²) in [5, 5.41) is 15.6. The number of nitrogens with zero attached hydrogens (tertiary/aromatic N) is 1.